The zero-order valence-electron chi connectivity index (χ0n) is 12.0. The van der Waals surface area contributed by atoms with Crippen molar-refractivity contribution in [1.82, 2.24) is 0 Å². The van der Waals surface area contributed by atoms with E-state index in [4.69, 9.17) is 15.7 Å². The van der Waals surface area contributed by atoms with E-state index in [0.29, 0.717) is 0 Å². The Labute approximate surface area is 115 Å². The Kier molecular flexibility index (Phi) is 5.65. The van der Waals surface area contributed by atoms with Crippen LogP contribution in [-0.2, 0) is 0 Å². The number of rotatable bonds is 7. The van der Waals surface area contributed by atoms with Crippen molar-refractivity contribution in [2.24, 2.45) is 5.73 Å². The quantitative estimate of drug-likeness (QED) is 0.766. The molecule has 1 rings (SSSR count). The molecule has 0 aromatic heterocycles. The van der Waals surface area contributed by atoms with Gasteiger partial charge in [-0.05, 0) is 50.5 Å². The van der Waals surface area contributed by atoms with Gasteiger partial charge in [0.15, 0.2) is 0 Å². The van der Waals surface area contributed by atoms with Crippen LogP contribution in [0, 0.1) is 11.3 Å². The fourth-order valence-corrected chi connectivity index (χ4v) is 1.86. The maximum absolute atomic E-state index is 8.83. The molecule has 0 aliphatic rings. The number of nitrogens with zero attached hydrogens (tertiary/aromatic N) is 2. The summed E-state index contributed by atoms with van der Waals surface area (Å²) in [5.41, 5.74) is 6.26. The summed E-state index contributed by atoms with van der Waals surface area (Å²) < 4.78 is 5.13. The van der Waals surface area contributed by atoms with Gasteiger partial charge in [-0.3, -0.25) is 0 Å². The summed E-state index contributed by atoms with van der Waals surface area (Å²) in [7, 11) is 3.73. The second-order valence-electron chi connectivity index (χ2n) is 5.11. The molecule has 4 heteroatoms. The SMILES string of the molecule is COc1ccc(N(C)CCCCC(C)(N)C#N)cc1. The summed E-state index contributed by atoms with van der Waals surface area (Å²) in [5, 5.41) is 8.83. The number of methoxy groups -OCH3 is 1. The Morgan fingerprint density at radius 2 is 1.95 bits per heavy atom. The highest BCUT2D eigenvalue weighted by Crippen LogP contribution is 2.19. The minimum absolute atomic E-state index is 0.696. The first-order valence-electron chi connectivity index (χ1n) is 6.54. The minimum Gasteiger partial charge on any atom is -0.497 e. The van der Waals surface area contributed by atoms with Crippen molar-refractivity contribution in [3.05, 3.63) is 24.3 Å². The molecule has 104 valence electrons. The van der Waals surface area contributed by atoms with Gasteiger partial charge in [0.25, 0.3) is 0 Å². The van der Waals surface area contributed by atoms with Gasteiger partial charge in [-0.15, -0.1) is 0 Å². The first-order chi connectivity index (χ1) is 8.98. The topological polar surface area (TPSA) is 62.3 Å². The number of hydrogen-bond donors (Lipinski definition) is 1. The summed E-state index contributed by atoms with van der Waals surface area (Å²) in [6.07, 6.45) is 2.72. The summed E-state index contributed by atoms with van der Waals surface area (Å²) in [6.45, 7) is 2.73. The molecular formula is C15H23N3O. The Bertz CT molecular complexity index is 420. The maximum atomic E-state index is 8.83. The molecule has 19 heavy (non-hydrogen) atoms. The highest BCUT2D eigenvalue weighted by atomic mass is 16.5. The zero-order chi connectivity index (χ0) is 14.3. The summed E-state index contributed by atoms with van der Waals surface area (Å²) in [4.78, 5) is 2.19. The first kappa shape index (κ1) is 15.3. The smallest absolute Gasteiger partial charge is 0.119 e. The van der Waals surface area contributed by atoms with Gasteiger partial charge in [-0.2, -0.15) is 5.26 Å². The Balaban J connectivity index is 2.35. The number of nitriles is 1. The van der Waals surface area contributed by atoms with Crippen LogP contribution in [0.2, 0.25) is 0 Å². The van der Waals surface area contributed by atoms with Crippen LogP contribution >= 0.6 is 0 Å². The van der Waals surface area contributed by atoms with Gasteiger partial charge >= 0.3 is 0 Å². The van der Waals surface area contributed by atoms with E-state index in [-0.39, 0.29) is 0 Å². The Hall–Kier alpha value is -1.73. The molecule has 0 spiro atoms. The fraction of sp³-hybridized carbons (Fsp3) is 0.533. The van der Waals surface area contributed by atoms with E-state index >= 15 is 0 Å². The van der Waals surface area contributed by atoms with Gasteiger partial charge in [0, 0.05) is 19.3 Å². The second-order valence-corrected chi connectivity index (χ2v) is 5.11. The largest absolute Gasteiger partial charge is 0.497 e. The number of hydrogen-bond acceptors (Lipinski definition) is 4. The maximum Gasteiger partial charge on any atom is 0.119 e. The third kappa shape index (κ3) is 5.19. The molecule has 1 aromatic carbocycles. The van der Waals surface area contributed by atoms with Crippen molar-refractivity contribution in [3.63, 3.8) is 0 Å². The number of ether oxygens (including phenoxy) is 1. The number of anilines is 1. The molecule has 0 aliphatic heterocycles. The van der Waals surface area contributed by atoms with Crippen LogP contribution in [0.15, 0.2) is 24.3 Å². The third-order valence-electron chi connectivity index (χ3n) is 3.21. The zero-order valence-corrected chi connectivity index (χ0v) is 12.0. The van der Waals surface area contributed by atoms with Crippen LogP contribution in [-0.4, -0.2) is 26.2 Å². The number of benzene rings is 1. The van der Waals surface area contributed by atoms with E-state index < -0.39 is 5.54 Å². The lowest BCUT2D eigenvalue weighted by atomic mass is 9.98. The van der Waals surface area contributed by atoms with Crippen molar-refractivity contribution in [3.8, 4) is 11.8 Å². The normalized spacial score (nSPS) is 13.4. The fourth-order valence-electron chi connectivity index (χ4n) is 1.86. The highest BCUT2D eigenvalue weighted by molar-refractivity contribution is 5.48. The average Bonchev–Trinajstić information content (AvgIpc) is 2.43. The van der Waals surface area contributed by atoms with Crippen molar-refractivity contribution in [1.29, 1.82) is 5.26 Å². The van der Waals surface area contributed by atoms with Crippen LogP contribution < -0.4 is 15.4 Å². The Morgan fingerprint density at radius 1 is 1.32 bits per heavy atom. The molecule has 0 heterocycles. The van der Waals surface area contributed by atoms with E-state index in [9.17, 15) is 0 Å². The van der Waals surface area contributed by atoms with Gasteiger partial charge in [-0.1, -0.05) is 0 Å². The van der Waals surface area contributed by atoms with Gasteiger partial charge in [0.1, 0.15) is 11.3 Å². The lowest BCUT2D eigenvalue weighted by molar-refractivity contribution is 0.415. The second kappa shape index (κ2) is 7.01. The van der Waals surface area contributed by atoms with Crippen molar-refractivity contribution in [2.75, 3.05) is 25.6 Å². The molecule has 0 aliphatic carbocycles. The van der Waals surface area contributed by atoms with Crippen molar-refractivity contribution in [2.45, 2.75) is 31.7 Å². The predicted molar refractivity (Wildman–Crippen MR) is 78.3 cm³/mol. The van der Waals surface area contributed by atoms with E-state index in [1.165, 1.54) is 0 Å². The van der Waals surface area contributed by atoms with Gasteiger partial charge in [0.05, 0.1) is 13.2 Å². The molecule has 0 saturated heterocycles. The molecule has 1 unspecified atom stereocenters. The molecule has 1 aromatic rings. The standard InChI is InChI=1S/C15H23N3O/c1-15(17,12-16)10-4-5-11-18(2)13-6-8-14(19-3)9-7-13/h6-9H,4-5,10-11,17H2,1-3H3. The van der Waals surface area contributed by atoms with E-state index in [0.717, 1.165) is 37.2 Å². The van der Waals surface area contributed by atoms with E-state index in [2.05, 4.69) is 18.0 Å². The van der Waals surface area contributed by atoms with Gasteiger partial charge in [0.2, 0.25) is 0 Å². The summed E-state index contributed by atoms with van der Waals surface area (Å²) in [5.74, 6) is 0.866. The van der Waals surface area contributed by atoms with Gasteiger partial charge < -0.3 is 15.4 Å². The van der Waals surface area contributed by atoms with Crippen molar-refractivity contribution < 1.29 is 4.74 Å². The van der Waals surface area contributed by atoms with Crippen LogP contribution in [0.3, 0.4) is 0 Å². The third-order valence-corrected chi connectivity index (χ3v) is 3.21. The molecule has 0 fully saturated rings. The Morgan fingerprint density at radius 3 is 2.47 bits per heavy atom. The van der Waals surface area contributed by atoms with Gasteiger partial charge in [-0.25, -0.2) is 0 Å². The highest BCUT2D eigenvalue weighted by Gasteiger charge is 2.16. The summed E-state index contributed by atoms with van der Waals surface area (Å²) in [6, 6.07) is 10.1. The number of nitrogens with two attached hydrogens (primary N) is 1. The van der Waals surface area contributed by atoms with Crippen LogP contribution in [0.1, 0.15) is 26.2 Å². The first-order valence-corrected chi connectivity index (χ1v) is 6.54. The minimum atomic E-state index is -0.696. The monoisotopic (exact) mass is 261 g/mol. The molecule has 0 saturated carbocycles. The van der Waals surface area contributed by atoms with E-state index in [1.807, 2.05) is 24.3 Å². The van der Waals surface area contributed by atoms with Crippen LogP contribution in [0.4, 0.5) is 5.69 Å². The van der Waals surface area contributed by atoms with Crippen LogP contribution in [0.5, 0.6) is 5.75 Å². The molecule has 1 atom stereocenters. The molecule has 2 N–H and O–H groups in total. The summed E-state index contributed by atoms with van der Waals surface area (Å²) >= 11 is 0. The molecule has 0 radical (unpaired) electrons. The van der Waals surface area contributed by atoms with Crippen LogP contribution in [0.25, 0.3) is 0 Å². The lowest BCUT2D eigenvalue weighted by Crippen LogP contribution is -2.34. The molecule has 0 bridgehead atoms. The molecule has 4 nitrogen and oxygen atoms in total. The number of unbranched alkanes of at least 4 members (excludes halogenated alkanes) is 1. The molecule has 0 amide bonds. The predicted octanol–water partition coefficient (Wildman–Crippen LogP) is 2.54. The van der Waals surface area contributed by atoms with Crippen molar-refractivity contribution >= 4 is 5.69 Å². The molecular weight excluding hydrogens is 238 g/mol. The average molecular weight is 261 g/mol. The lowest BCUT2D eigenvalue weighted by Gasteiger charge is -2.20. The van der Waals surface area contributed by atoms with E-state index in [1.54, 1.807) is 14.0 Å².